The standard InChI is InChI=1S/C17H19N3O4/c1-16(2,3)24-15(23)20-17(10-18,14(21)22)8-11-9-19-13-7-5-4-6-12(11)13/h4-7,9,19H,8H2,1-3H3,(H,20,23)(H,21,22)/t17-/m0/s1. The van der Waals surface area contributed by atoms with Crippen LogP contribution in [0.5, 0.6) is 0 Å². The van der Waals surface area contributed by atoms with Crippen LogP contribution >= 0.6 is 0 Å². The van der Waals surface area contributed by atoms with E-state index in [1.165, 1.54) is 0 Å². The molecule has 0 aliphatic carbocycles. The first-order valence-electron chi connectivity index (χ1n) is 7.38. The summed E-state index contributed by atoms with van der Waals surface area (Å²) in [6.45, 7) is 4.96. The van der Waals surface area contributed by atoms with Gasteiger partial charge in [0.1, 0.15) is 11.7 Å². The summed E-state index contributed by atoms with van der Waals surface area (Å²) in [5.41, 5.74) is -1.48. The van der Waals surface area contributed by atoms with E-state index in [1.807, 2.05) is 24.3 Å². The van der Waals surface area contributed by atoms with Gasteiger partial charge in [0.2, 0.25) is 5.54 Å². The van der Waals surface area contributed by atoms with Crippen LogP contribution in [0.15, 0.2) is 30.5 Å². The number of nitrogens with one attached hydrogen (secondary N) is 2. The second kappa shape index (κ2) is 6.24. The molecule has 0 saturated heterocycles. The molecule has 126 valence electrons. The van der Waals surface area contributed by atoms with Gasteiger partial charge in [-0.05, 0) is 32.4 Å². The van der Waals surface area contributed by atoms with Gasteiger partial charge in [0.15, 0.2) is 0 Å². The minimum absolute atomic E-state index is 0.192. The van der Waals surface area contributed by atoms with Crippen molar-refractivity contribution in [3.63, 3.8) is 0 Å². The van der Waals surface area contributed by atoms with Crippen molar-refractivity contribution >= 4 is 23.0 Å². The first-order valence-corrected chi connectivity index (χ1v) is 7.38. The number of carbonyl (C=O) groups is 2. The molecule has 24 heavy (non-hydrogen) atoms. The third kappa shape index (κ3) is 3.66. The second-order valence-corrected chi connectivity index (χ2v) is 6.49. The molecule has 1 atom stereocenters. The predicted octanol–water partition coefficient (Wildman–Crippen LogP) is 2.58. The van der Waals surface area contributed by atoms with Gasteiger partial charge >= 0.3 is 12.1 Å². The molecule has 3 N–H and O–H groups in total. The number of aliphatic carboxylic acids is 1. The van der Waals surface area contributed by atoms with Crippen molar-refractivity contribution in [1.29, 1.82) is 5.26 Å². The summed E-state index contributed by atoms with van der Waals surface area (Å²) in [6, 6.07) is 9.03. The third-order valence-electron chi connectivity index (χ3n) is 3.40. The zero-order valence-corrected chi connectivity index (χ0v) is 13.7. The lowest BCUT2D eigenvalue weighted by molar-refractivity contribution is -0.142. The molecular formula is C17H19N3O4. The number of carbonyl (C=O) groups excluding carboxylic acids is 1. The van der Waals surface area contributed by atoms with Crippen LogP contribution in [0.4, 0.5) is 4.79 Å². The molecule has 0 unspecified atom stereocenters. The third-order valence-corrected chi connectivity index (χ3v) is 3.40. The average Bonchev–Trinajstić information content (AvgIpc) is 2.87. The maximum absolute atomic E-state index is 12.0. The fourth-order valence-corrected chi connectivity index (χ4v) is 2.33. The van der Waals surface area contributed by atoms with Crippen molar-refractivity contribution in [2.24, 2.45) is 0 Å². The molecule has 1 aromatic heterocycles. The average molecular weight is 329 g/mol. The molecule has 7 heteroatoms. The molecule has 1 aromatic carbocycles. The largest absolute Gasteiger partial charge is 0.479 e. The molecule has 2 rings (SSSR count). The van der Waals surface area contributed by atoms with Crippen molar-refractivity contribution in [3.05, 3.63) is 36.0 Å². The zero-order chi connectivity index (χ0) is 18.0. The van der Waals surface area contributed by atoms with Crippen LogP contribution in [0.1, 0.15) is 26.3 Å². The predicted molar refractivity (Wildman–Crippen MR) is 87.4 cm³/mol. The van der Waals surface area contributed by atoms with Crippen LogP contribution in [-0.4, -0.2) is 33.3 Å². The van der Waals surface area contributed by atoms with Crippen molar-refractivity contribution in [3.8, 4) is 6.07 Å². The molecular weight excluding hydrogens is 310 g/mol. The van der Waals surface area contributed by atoms with E-state index in [1.54, 1.807) is 33.0 Å². The minimum Gasteiger partial charge on any atom is -0.479 e. The van der Waals surface area contributed by atoms with Gasteiger partial charge in [-0.25, -0.2) is 9.59 Å². The molecule has 0 spiro atoms. The van der Waals surface area contributed by atoms with E-state index in [0.717, 1.165) is 10.9 Å². The van der Waals surface area contributed by atoms with Crippen molar-refractivity contribution in [1.82, 2.24) is 10.3 Å². The van der Waals surface area contributed by atoms with Gasteiger partial charge in [-0.3, -0.25) is 5.32 Å². The number of fused-ring (bicyclic) bond motifs is 1. The van der Waals surface area contributed by atoms with Gasteiger partial charge in [-0.15, -0.1) is 0 Å². The number of benzene rings is 1. The fourth-order valence-electron chi connectivity index (χ4n) is 2.33. The number of ether oxygens (including phenoxy) is 1. The Hall–Kier alpha value is -3.01. The lowest BCUT2D eigenvalue weighted by atomic mass is 9.92. The molecule has 0 fully saturated rings. The second-order valence-electron chi connectivity index (χ2n) is 6.49. The summed E-state index contributed by atoms with van der Waals surface area (Å²) < 4.78 is 5.08. The Morgan fingerprint density at radius 3 is 2.58 bits per heavy atom. The van der Waals surface area contributed by atoms with Crippen molar-refractivity contribution in [2.75, 3.05) is 0 Å². The number of nitriles is 1. The van der Waals surface area contributed by atoms with Crippen LogP contribution in [0, 0.1) is 11.3 Å². The first kappa shape index (κ1) is 17.3. The molecule has 0 aliphatic heterocycles. The number of hydrogen-bond donors (Lipinski definition) is 3. The summed E-state index contributed by atoms with van der Waals surface area (Å²) in [6.07, 6.45) is 0.491. The summed E-state index contributed by atoms with van der Waals surface area (Å²) in [5.74, 6) is -1.44. The Morgan fingerprint density at radius 1 is 1.33 bits per heavy atom. The topological polar surface area (TPSA) is 115 Å². The number of rotatable bonds is 4. The summed E-state index contributed by atoms with van der Waals surface area (Å²) in [5, 5.41) is 22.0. The number of aromatic nitrogens is 1. The Bertz CT molecular complexity index is 813. The number of alkyl carbamates (subject to hydrolysis) is 1. The van der Waals surface area contributed by atoms with E-state index >= 15 is 0 Å². The Kier molecular flexibility index (Phi) is 4.51. The number of hydrogen-bond acceptors (Lipinski definition) is 4. The zero-order valence-electron chi connectivity index (χ0n) is 13.7. The van der Waals surface area contributed by atoms with Crippen molar-refractivity contribution in [2.45, 2.75) is 38.3 Å². The van der Waals surface area contributed by atoms with Crippen LogP contribution in [0.2, 0.25) is 0 Å². The smallest absolute Gasteiger partial charge is 0.409 e. The highest BCUT2D eigenvalue weighted by Gasteiger charge is 2.42. The number of carboxylic acid groups (broad SMARTS) is 1. The van der Waals surface area contributed by atoms with Gasteiger partial charge in [0, 0.05) is 23.5 Å². The van der Waals surface area contributed by atoms with Gasteiger partial charge in [-0.2, -0.15) is 5.26 Å². The van der Waals surface area contributed by atoms with Gasteiger partial charge in [-0.1, -0.05) is 18.2 Å². The molecule has 0 bridgehead atoms. The van der Waals surface area contributed by atoms with Crippen LogP contribution in [0.3, 0.4) is 0 Å². The number of H-pyrrole nitrogens is 1. The quantitative estimate of drug-likeness (QED) is 0.797. The van der Waals surface area contributed by atoms with Crippen LogP contribution in [0.25, 0.3) is 10.9 Å². The highest BCUT2D eigenvalue weighted by atomic mass is 16.6. The summed E-state index contributed by atoms with van der Waals surface area (Å²) in [4.78, 5) is 26.7. The molecule has 1 amide bonds. The lowest BCUT2D eigenvalue weighted by Crippen LogP contribution is -2.56. The number of carboxylic acids is 1. The molecule has 1 heterocycles. The SMILES string of the molecule is CC(C)(C)OC(=O)N[C@](C#N)(Cc1c[nH]c2ccccc12)C(=O)O. The molecule has 7 nitrogen and oxygen atoms in total. The van der Waals surface area contributed by atoms with Gasteiger partial charge in [0.05, 0.1) is 0 Å². The monoisotopic (exact) mass is 329 g/mol. The van der Waals surface area contributed by atoms with Crippen LogP contribution < -0.4 is 5.32 Å². The Labute approximate surface area is 139 Å². The molecule has 0 radical (unpaired) electrons. The first-order chi connectivity index (χ1) is 11.2. The van der Waals surface area contributed by atoms with E-state index in [-0.39, 0.29) is 6.42 Å². The number of amides is 1. The molecule has 0 aliphatic rings. The number of para-hydroxylation sites is 1. The summed E-state index contributed by atoms with van der Waals surface area (Å²) in [7, 11) is 0. The van der Waals surface area contributed by atoms with Crippen LogP contribution in [-0.2, 0) is 16.0 Å². The highest BCUT2D eigenvalue weighted by molar-refractivity contribution is 5.90. The lowest BCUT2D eigenvalue weighted by Gasteiger charge is -2.26. The highest BCUT2D eigenvalue weighted by Crippen LogP contribution is 2.23. The normalized spacial score (nSPS) is 13.8. The molecule has 2 aromatic rings. The Morgan fingerprint density at radius 2 is 2.00 bits per heavy atom. The maximum Gasteiger partial charge on any atom is 0.409 e. The number of aromatic amines is 1. The summed E-state index contributed by atoms with van der Waals surface area (Å²) >= 11 is 0. The van der Waals surface area contributed by atoms with E-state index in [2.05, 4.69) is 10.3 Å². The van der Waals surface area contributed by atoms with Crippen molar-refractivity contribution < 1.29 is 19.4 Å². The van der Waals surface area contributed by atoms with Gasteiger partial charge in [0.25, 0.3) is 0 Å². The number of nitrogens with zero attached hydrogens (tertiary/aromatic N) is 1. The van der Waals surface area contributed by atoms with Gasteiger partial charge < -0.3 is 14.8 Å². The fraction of sp³-hybridized carbons (Fsp3) is 0.353. The maximum atomic E-state index is 12.0. The minimum atomic E-state index is -2.12. The van der Waals surface area contributed by atoms with E-state index < -0.39 is 23.2 Å². The van der Waals surface area contributed by atoms with E-state index in [0.29, 0.717) is 5.56 Å². The Balaban J connectivity index is 2.33. The van der Waals surface area contributed by atoms with E-state index in [9.17, 15) is 20.0 Å². The van der Waals surface area contributed by atoms with E-state index in [4.69, 9.17) is 4.74 Å². The molecule has 0 saturated carbocycles.